The Morgan fingerprint density at radius 1 is 1.34 bits per heavy atom. The van der Waals surface area contributed by atoms with Crippen molar-refractivity contribution in [2.75, 3.05) is 38.7 Å². The van der Waals surface area contributed by atoms with Gasteiger partial charge in [-0.3, -0.25) is 4.79 Å². The summed E-state index contributed by atoms with van der Waals surface area (Å²) in [6.45, 7) is 2.77. The fourth-order valence-corrected chi connectivity index (χ4v) is 3.80. The predicted molar refractivity (Wildman–Crippen MR) is 117 cm³/mol. The minimum Gasteiger partial charge on any atom is -0.484 e. The largest absolute Gasteiger partial charge is 0.484 e. The van der Waals surface area contributed by atoms with Crippen molar-refractivity contribution in [2.24, 2.45) is 5.92 Å². The quantitative estimate of drug-likeness (QED) is 0.660. The predicted octanol–water partition coefficient (Wildman–Crippen LogP) is 2.33. The molecule has 0 spiro atoms. The molecule has 1 atom stereocenters. The molecule has 1 N–H and O–H groups in total. The van der Waals surface area contributed by atoms with Crippen LogP contribution in [-0.2, 0) is 9.53 Å². The number of fused-ring (bicyclic) bond motifs is 1. The van der Waals surface area contributed by atoms with Crippen molar-refractivity contribution in [1.82, 2.24) is 19.5 Å². The third-order valence-corrected chi connectivity index (χ3v) is 5.69. The minimum absolute atomic E-state index is 0.0210. The lowest BCUT2D eigenvalue weighted by Crippen LogP contribution is -2.33. The molecule has 9 heteroatoms. The first-order chi connectivity index (χ1) is 15.6. The van der Waals surface area contributed by atoms with E-state index in [1.807, 2.05) is 31.4 Å². The van der Waals surface area contributed by atoms with Crippen LogP contribution < -0.4 is 10.1 Å². The average molecular weight is 432 g/mol. The Balaban J connectivity index is 1.45. The van der Waals surface area contributed by atoms with Gasteiger partial charge in [0.05, 0.1) is 24.9 Å². The van der Waals surface area contributed by atoms with Crippen LogP contribution in [0.5, 0.6) is 5.75 Å². The first-order valence-electron chi connectivity index (χ1n) is 10.7. The fraction of sp³-hybridized carbons (Fsp3) is 0.391. The maximum absolute atomic E-state index is 12.1. The molecule has 1 aliphatic carbocycles. The van der Waals surface area contributed by atoms with E-state index in [1.165, 1.54) is 0 Å². The number of aromatic nitrogens is 3. The third kappa shape index (κ3) is 4.42. The molecule has 2 aliphatic rings. The van der Waals surface area contributed by atoms with E-state index in [0.29, 0.717) is 30.5 Å². The number of hydrogen-bond acceptors (Lipinski definition) is 7. The van der Waals surface area contributed by atoms with Gasteiger partial charge in [0.1, 0.15) is 23.6 Å². The standard InChI is InChI=1S/C23H24N6O3/c1-28-6-7-31-14-19(13-28)32-21-12-25-17(11-24)9-20(21)16-4-5-29-18(8-16)10-22(27-29)26-23(30)15-2-3-15/h4-5,8-10,12,15,19H,2-3,6-7,13-14H2,1H3,(H,26,27,30)/t19-/m0/s1. The lowest BCUT2D eigenvalue weighted by molar-refractivity contribution is -0.117. The van der Waals surface area contributed by atoms with Crippen LogP contribution in [0.1, 0.15) is 18.5 Å². The van der Waals surface area contributed by atoms with Crippen molar-refractivity contribution >= 4 is 17.2 Å². The van der Waals surface area contributed by atoms with Crippen molar-refractivity contribution in [2.45, 2.75) is 18.9 Å². The lowest BCUT2D eigenvalue weighted by Gasteiger charge is -2.22. The Morgan fingerprint density at radius 3 is 3.03 bits per heavy atom. The molecule has 3 aromatic heterocycles. The fourth-order valence-electron chi connectivity index (χ4n) is 3.80. The zero-order valence-electron chi connectivity index (χ0n) is 17.8. The van der Waals surface area contributed by atoms with Gasteiger partial charge in [-0.2, -0.15) is 10.4 Å². The molecule has 32 heavy (non-hydrogen) atoms. The van der Waals surface area contributed by atoms with Crippen LogP contribution in [-0.4, -0.2) is 64.9 Å². The first-order valence-corrected chi connectivity index (χ1v) is 10.7. The van der Waals surface area contributed by atoms with Gasteiger partial charge in [0, 0.05) is 36.8 Å². The van der Waals surface area contributed by atoms with E-state index in [0.717, 1.165) is 42.6 Å². The summed E-state index contributed by atoms with van der Waals surface area (Å²) in [5.74, 6) is 1.26. The summed E-state index contributed by atoms with van der Waals surface area (Å²) in [6.07, 6.45) is 5.17. The highest BCUT2D eigenvalue weighted by molar-refractivity contribution is 5.93. The molecule has 5 rings (SSSR count). The molecule has 2 fully saturated rings. The van der Waals surface area contributed by atoms with Crippen LogP contribution in [0.15, 0.2) is 36.7 Å². The number of ether oxygens (including phenoxy) is 2. The summed E-state index contributed by atoms with van der Waals surface area (Å²) >= 11 is 0. The highest BCUT2D eigenvalue weighted by Gasteiger charge is 2.30. The second-order valence-electron chi connectivity index (χ2n) is 8.33. The molecule has 9 nitrogen and oxygen atoms in total. The third-order valence-electron chi connectivity index (χ3n) is 5.69. The summed E-state index contributed by atoms with van der Waals surface area (Å²) in [5.41, 5.74) is 2.78. The highest BCUT2D eigenvalue weighted by Crippen LogP contribution is 2.33. The molecule has 1 saturated heterocycles. The number of rotatable bonds is 5. The number of amides is 1. The summed E-state index contributed by atoms with van der Waals surface area (Å²) in [5, 5.41) is 16.7. The van der Waals surface area contributed by atoms with Gasteiger partial charge < -0.3 is 19.7 Å². The summed E-state index contributed by atoms with van der Waals surface area (Å²) in [6, 6.07) is 9.53. The van der Waals surface area contributed by atoms with Gasteiger partial charge in [-0.05, 0) is 43.7 Å². The van der Waals surface area contributed by atoms with Crippen molar-refractivity contribution in [3.05, 3.63) is 42.4 Å². The topological polar surface area (TPSA) is 105 Å². The number of nitrogens with one attached hydrogen (secondary N) is 1. The maximum atomic E-state index is 12.1. The van der Waals surface area contributed by atoms with Crippen LogP contribution in [0, 0.1) is 17.2 Å². The van der Waals surface area contributed by atoms with Crippen LogP contribution in [0.4, 0.5) is 5.82 Å². The molecular formula is C23H24N6O3. The van der Waals surface area contributed by atoms with Gasteiger partial charge in [-0.15, -0.1) is 0 Å². The van der Waals surface area contributed by atoms with Crippen LogP contribution in [0.3, 0.4) is 0 Å². The zero-order chi connectivity index (χ0) is 22.1. The second kappa shape index (κ2) is 8.57. The molecule has 0 bridgehead atoms. The van der Waals surface area contributed by atoms with E-state index in [9.17, 15) is 10.1 Å². The monoisotopic (exact) mass is 432 g/mol. The number of nitrogens with zero attached hydrogens (tertiary/aromatic N) is 5. The van der Waals surface area contributed by atoms with Crippen molar-refractivity contribution in [3.8, 4) is 22.9 Å². The van der Waals surface area contributed by atoms with Crippen LogP contribution in [0.2, 0.25) is 0 Å². The van der Waals surface area contributed by atoms with E-state index in [-0.39, 0.29) is 17.9 Å². The van der Waals surface area contributed by atoms with Gasteiger partial charge in [0.2, 0.25) is 5.91 Å². The number of carbonyl (C=O) groups is 1. The zero-order valence-corrected chi connectivity index (χ0v) is 17.8. The minimum atomic E-state index is -0.140. The van der Waals surface area contributed by atoms with Gasteiger partial charge in [0.25, 0.3) is 0 Å². The summed E-state index contributed by atoms with van der Waals surface area (Å²) in [4.78, 5) is 18.4. The SMILES string of the molecule is CN1CCOC[C@@H](Oc2cnc(C#N)cc2-c2ccn3nc(NC(=O)C4CC4)cc3c2)C1. The number of carbonyl (C=O) groups excluding carboxylic acids is 1. The number of nitriles is 1. The number of hydrogen-bond donors (Lipinski definition) is 1. The Bertz CT molecular complexity index is 1200. The van der Waals surface area contributed by atoms with Gasteiger partial charge >= 0.3 is 0 Å². The molecule has 0 unspecified atom stereocenters. The van der Waals surface area contributed by atoms with Crippen molar-refractivity contribution in [1.29, 1.82) is 5.26 Å². The van der Waals surface area contributed by atoms with Crippen LogP contribution in [0.25, 0.3) is 16.6 Å². The van der Waals surface area contributed by atoms with E-state index < -0.39 is 0 Å². The molecule has 0 aromatic carbocycles. The normalized spacial score (nSPS) is 19.3. The Morgan fingerprint density at radius 2 is 2.22 bits per heavy atom. The Kier molecular flexibility index (Phi) is 5.47. The molecule has 4 heterocycles. The molecular weight excluding hydrogens is 408 g/mol. The average Bonchev–Trinajstić information content (AvgIpc) is 3.59. The Labute approximate surface area is 185 Å². The van der Waals surface area contributed by atoms with Gasteiger partial charge in [0.15, 0.2) is 5.82 Å². The molecule has 1 saturated carbocycles. The van der Waals surface area contributed by atoms with Crippen LogP contribution >= 0.6 is 0 Å². The Hall–Kier alpha value is -3.48. The van der Waals surface area contributed by atoms with E-state index >= 15 is 0 Å². The lowest BCUT2D eigenvalue weighted by atomic mass is 10.1. The molecule has 1 aliphatic heterocycles. The van der Waals surface area contributed by atoms with Gasteiger partial charge in [-0.1, -0.05) is 0 Å². The number of likely N-dealkylation sites (N-methyl/N-ethyl adjacent to an activating group) is 1. The highest BCUT2D eigenvalue weighted by atomic mass is 16.5. The second-order valence-corrected chi connectivity index (χ2v) is 8.33. The maximum Gasteiger partial charge on any atom is 0.228 e. The van der Waals surface area contributed by atoms with Gasteiger partial charge in [-0.25, -0.2) is 9.50 Å². The molecule has 0 radical (unpaired) electrons. The van der Waals surface area contributed by atoms with E-state index in [1.54, 1.807) is 16.8 Å². The summed E-state index contributed by atoms with van der Waals surface area (Å²) in [7, 11) is 2.04. The van der Waals surface area contributed by atoms with E-state index in [4.69, 9.17) is 9.47 Å². The summed E-state index contributed by atoms with van der Waals surface area (Å²) < 4.78 is 13.7. The number of anilines is 1. The first kappa shape index (κ1) is 20.4. The molecule has 164 valence electrons. The smallest absolute Gasteiger partial charge is 0.228 e. The molecule has 3 aromatic rings. The number of pyridine rings is 2. The van der Waals surface area contributed by atoms with Crippen molar-refractivity contribution in [3.63, 3.8) is 0 Å². The van der Waals surface area contributed by atoms with Crippen molar-refractivity contribution < 1.29 is 14.3 Å². The molecule has 1 amide bonds. The van der Waals surface area contributed by atoms with E-state index in [2.05, 4.69) is 26.4 Å².